The van der Waals surface area contributed by atoms with E-state index < -0.39 is 0 Å². The molecule has 0 aliphatic heterocycles. The van der Waals surface area contributed by atoms with Gasteiger partial charge in [-0.15, -0.1) is 0 Å². The van der Waals surface area contributed by atoms with Crippen molar-refractivity contribution in [2.24, 2.45) is 5.92 Å². The summed E-state index contributed by atoms with van der Waals surface area (Å²) in [6.45, 7) is 2.24. The summed E-state index contributed by atoms with van der Waals surface area (Å²) in [7, 11) is 0. The molecule has 4 heteroatoms. The second-order valence-electron chi connectivity index (χ2n) is 4.95. The molecule has 2 N–H and O–H groups in total. The van der Waals surface area contributed by atoms with Crippen molar-refractivity contribution in [3.05, 3.63) is 30.1 Å². The minimum atomic E-state index is -0.279. The zero-order valence-corrected chi connectivity index (χ0v) is 11.4. The van der Waals surface area contributed by atoms with Crippen LogP contribution in [0.3, 0.4) is 0 Å². The third kappa shape index (κ3) is 3.42. The Kier molecular flexibility index (Phi) is 4.53. The van der Waals surface area contributed by atoms with Crippen molar-refractivity contribution < 1.29 is 4.39 Å². The van der Waals surface area contributed by atoms with Crippen molar-refractivity contribution >= 4 is 23.0 Å². The summed E-state index contributed by atoms with van der Waals surface area (Å²) in [5.41, 5.74) is 0.429. The molecule has 0 saturated heterocycles. The Morgan fingerprint density at radius 2 is 2.00 bits per heavy atom. The number of halogens is 1. The molecule has 0 heterocycles. The van der Waals surface area contributed by atoms with E-state index in [-0.39, 0.29) is 5.82 Å². The second kappa shape index (κ2) is 6.14. The van der Waals surface area contributed by atoms with Gasteiger partial charge in [-0.3, -0.25) is 0 Å². The van der Waals surface area contributed by atoms with Gasteiger partial charge in [-0.25, -0.2) is 4.39 Å². The van der Waals surface area contributed by atoms with E-state index in [1.165, 1.54) is 25.3 Å². The minimum Gasteiger partial charge on any atom is -0.359 e. The van der Waals surface area contributed by atoms with Crippen LogP contribution in [0.1, 0.15) is 32.6 Å². The van der Waals surface area contributed by atoms with E-state index >= 15 is 0 Å². The van der Waals surface area contributed by atoms with E-state index in [2.05, 4.69) is 17.6 Å². The minimum absolute atomic E-state index is 0.279. The van der Waals surface area contributed by atoms with Crippen LogP contribution >= 0.6 is 12.2 Å². The Morgan fingerprint density at radius 1 is 1.28 bits per heavy atom. The van der Waals surface area contributed by atoms with Gasteiger partial charge in [-0.2, -0.15) is 0 Å². The van der Waals surface area contributed by atoms with Crippen molar-refractivity contribution in [2.45, 2.75) is 38.6 Å². The number of nitrogens with one attached hydrogen (secondary N) is 2. The Labute approximate surface area is 113 Å². The van der Waals surface area contributed by atoms with Crippen LogP contribution in [0, 0.1) is 11.7 Å². The molecule has 98 valence electrons. The fraction of sp³-hybridized carbons (Fsp3) is 0.500. The SMILES string of the molecule is C[C@H]1CCCC[C@H]1NC(=S)Nc1ccccc1F. The van der Waals surface area contributed by atoms with E-state index in [9.17, 15) is 4.39 Å². The molecule has 1 aromatic carbocycles. The molecule has 1 saturated carbocycles. The Balaban J connectivity index is 1.90. The molecule has 0 bridgehead atoms. The highest BCUT2D eigenvalue weighted by molar-refractivity contribution is 7.80. The average Bonchev–Trinajstić information content (AvgIpc) is 2.35. The molecule has 2 nitrogen and oxygen atoms in total. The van der Waals surface area contributed by atoms with Gasteiger partial charge in [0.1, 0.15) is 5.82 Å². The van der Waals surface area contributed by atoms with Gasteiger partial charge in [0.15, 0.2) is 5.11 Å². The van der Waals surface area contributed by atoms with Gasteiger partial charge in [0, 0.05) is 6.04 Å². The lowest BCUT2D eigenvalue weighted by Crippen LogP contribution is -2.43. The largest absolute Gasteiger partial charge is 0.359 e. The highest BCUT2D eigenvalue weighted by Crippen LogP contribution is 2.23. The van der Waals surface area contributed by atoms with Crippen molar-refractivity contribution in [2.75, 3.05) is 5.32 Å². The first-order chi connectivity index (χ1) is 8.66. The first kappa shape index (κ1) is 13.3. The standard InChI is InChI=1S/C14H19FN2S/c1-10-6-2-4-8-12(10)16-14(18)17-13-9-5-3-7-11(13)15/h3,5,7,9-10,12H,2,4,6,8H2,1H3,(H2,16,17,18)/t10-,12+/m0/s1. The third-order valence-corrected chi connectivity index (χ3v) is 3.77. The summed E-state index contributed by atoms with van der Waals surface area (Å²) in [6, 6.07) is 6.98. The molecule has 18 heavy (non-hydrogen) atoms. The number of thiocarbonyl (C=S) groups is 1. The van der Waals surface area contributed by atoms with Crippen LogP contribution in [0.15, 0.2) is 24.3 Å². The predicted octanol–water partition coefficient (Wildman–Crippen LogP) is 3.69. The van der Waals surface area contributed by atoms with Crippen LogP contribution in [-0.4, -0.2) is 11.2 Å². The topological polar surface area (TPSA) is 24.1 Å². The summed E-state index contributed by atoms with van der Waals surface area (Å²) in [4.78, 5) is 0. The second-order valence-corrected chi connectivity index (χ2v) is 5.35. The lowest BCUT2D eigenvalue weighted by molar-refractivity contribution is 0.309. The van der Waals surface area contributed by atoms with Crippen LogP contribution in [-0.2, 0) is 0 Å². The normalized spacial score (nSPS) is 23.4. The molecule has 1 fully saturated rings. The molecule has 2 rings (SSSR count). The number of para-hydroxylation sites is 1. The summed E-state index contributed by atoms with van der Waals surface area (Å²) in [5, 5.41) is 6.73. The molecular formula is C14H19FN2S. The van der Waals surface area contributed by atoms with Gasteiger partial charge in [0.05, 0.1) is 5.69 Å². The van der Waals surface area contributed by atoms with Gasteiger partial charge >= 0.3 is 0 Å². The monoisotopic (exact) mass is 266 g/mol. The molecule has 0 amide bonds. The Bertz CT molecular complexity index is 422. The third-order valence-electron chi connectivity index (χ3n) is 3.55. The predicted molar refractivity (Wildman–Crippen MR) is 77.2 cm³/mol. The Morgan fingerprint density at radius 3 is 2.72 bits per heavy atom. The fourth-order valence-electron chi connectivity index (χ4n) is 2.42. The van der Waals surface area contributed by atoms with Crippen molar-refractivity contribution in [3.8, 4) is 0 Å². The van der Waals surface area contributed by atoms with E-state index in [1.54, 1.807) is 18.2 Å². The number of hydrogen-bond acceptors (Lipinski definition) is 1. The van der Waals surface area contributed by atoms with Crippen molar-refractivity contribution in [1.82, 2.24) is 5.32 Å². The zero-order chi connectivity index (χ0) is 13.0. The molecule has 1 aliphatic carbocycles. The molecule has 1 aromatic rings. The quantitative estimate of drug-likeness (QED) is 0.798. The van der Waals surface area contributed by atoms with Crippen LogP contribution in [0.25, 0.3) is 0 Å². The van der Waals surface area contributed by atoms with Crippen LogP contribution < -0.4 is 10.6 Å². The van der Waals surface area contributed by atoms with E-state index in [1.807, 2.05) is 0 Å². The first-order valence-corrected chi connectivity index (χ1v) is 6.89. The van der Waals surface area contributed by atoms with E-state index in [0.717, 1.165) is 6.42 Å². The lowest BCUT2D eigenvalue weighted by atomic mass is 9.86. The zero-order valence-electron chi connectivity index (χ0n) is 10.6. The van der Waals surface area contributed by atoms with Gasteiger partial charge in [0.2, 0.25) is 0 Å². The summed E-state index contributed by atoms with van der Waals surface area (Å²) >= 11 is 5.24. The number of benzene rings is 1. The maximum absolute atomic E-state index is 13.5. The Hall–Kier alpha value is -1.16. The average molecular weight is 266 g/mol. The van der Waals surface area contributed by atoms with Crippen LogP contribution in [0.4, 0.5) is 10.1 Å². The number of hydrogen-bond donors (Lipinski definition) is 2. The molecule has 0 unspecified atom stereocenters. The number of rotatable bonds is 2. The van der Waals surface area contributed by atoms with Crippen LogP contribution in [0.5, 0.6) is 0 Å². The van der Waals surface area contributed by atoms with Crippen LogP contribution in [0.2, 0.25) is 0 Å². The molecular weight excluding hydrogens is 247 g/mol. The van der Waals surface area contributed by atoms with Gasteiger partial charge in [-0.1, -0.05) is 31.9 Å². The van der Waals surface area contributed by atoms with Gasteiger partial charge < -0.3 is 10.6 Å². The smallest absolute Gasteiger partial charge is 0.171 e. The summed E-state index contributed by atoms with van der Waals surface area (Å²) in [6.07, 6.45) is 4.91. The molecule has 0 spiro atoms. The van der Waals surface area contributed by atoms with Gasteiger partial charge in [-0.05, 0) is 43.1 Å². The highest BCUT2D eigenvalue weighted by atomic mass is 32.1. The maximum atomic E-state index is 13.5. The number of anilines is 1. The lowest BCUT2D eigenvalue weighted by Gasteiger charge is -2.30. The molecule has 2 atom stereocenters. The molecule has 1 aliphatic rings. The summed E-state index contributed by atoms with van der Waals surface area (Å²) in [5.74, 6) is 0.345. The molecule has 0 radical (unpaired) electrons. The maximum Gasteiger partial charge on any atom is 0.171 e. The fourth-order valence-corrected chi connectivity index (χ4v) is 2.68. The summed E-state index contributed by atoms with van der Waals surface area (Å²) < 4.78 is 13.5. The van der Waals surface area contributed by atoms with Gasteiger partial charge in [0.25, 0.3) is 0 Å². The van der Waals surface area contributed by atoms with E-state index in [0.29, 0.717) is 22.8 Å². The molecule has 0 aromatic heterocycles. The van der Waals surface area contributed by atoms with Crippen molar-refractivity contribution in [1.29, 1.82) is 0 Å². The first-order valence-electron chi connectivity index (χ1n) is 6.49. The highest BCUT2D eigenvalue weighted by Gasteiger charge is 2.21. The van der Waals surface area contributed by atoms with E-state index in [4.69, 9.17) is 12.2 Å². The van der Waals surface area contributed by atoms with Crippen molar-refractivity contribution in [3.63, 3.8) is 0 Å².